The molecule has 120 valence electrons. The zero-order valence-corrected chi connectivity index (χ0v) is 12.7. The Balaban J connectivity index is 2.06. The summed E-state index contributed by atoms with van der Waals surface area (Å²) < 4.78 is 18.6. The molecule has 2 rings (SSSR count). The van der Waals surface area contributed by atoms with Crippen LogP contribution in [-0.4, -0.2) is 40.6 Å². The van der Waals surface area contributed by atoms with E-state index in [0.29, 0.717) is 25.1 Å². The minimum Gasteiger partial charge on any atom is -0.481 e. The van der Waals surface area contributed by atoms with Crippen LogP contribution in [0, 0.1) is 11.7 Å². The largest absolute Gasteiger partial charge is 0.481 e. The van der Waals surface area contributed by atoms with E-state index in [4.69, 9.17) is 9.84 Å². The number of hydrogen-bond donors (Lipinski definition) is 1. The van der Waals surface area contributed by atoms with Crippen molar-refractivity contribution in [3.63, 3.8) is 0 Å². The van der Waals surface area contributed by atoms with Gasteiger partial charge in [0.15, 0.2) is 5.60 Å². The van der Waals surface area contributed by atoms with E-state index in [-0.39, 0.29) is 18.3 Å². The Morgan fingerprint density at radius 3 is 2.55 bits per heavy atom. The molecule has 1 aliphatic heterocycles. The fourth-order valence-electron chi connectivity index (χ4n) is 2.58. The lowest BCUT2D eigenvalue weighted by atomic mass is 9.96. The number of hydrogen-bond acceptors (Lipinski definition) is 3. The van der Waals surface area contributed by atoms with Crippen LogP contribution < -0.4 is 4.74 Å². The molecule has 1 aliphatic rings. The van der Waals surface area contributed by atoms with Crippen molar-refractivity contribution in [2.75, 3.05) is 13.1 Å². The highest BCUT2D eigenvalue weighted by atomic mass is 19.1. The zero-order valence-electron chi connectivity index (χ0n) is 12.7. The molecular weight excluding hydrogens is 289 g/mol. The van der Waals surface area contributed by atoms with Crippen LogP contribution in [0.25, 0.3) is 0 Å². The van der Waals surface area contributed by atoms with Crippen LogP contribution in [0.2, 0.25) is 0 Å². The highest BCUT2D eigenvalue weighted by Crippen LogP contribution is 2.24. The van der Waals surface area contributed by atoms with Crippen LogP contribution in [0.3, 0.4) is 0 Å². The molecule has 1 unspecified atom stereocenters. The van der Waals surface area contributed by atoms with E-state index < -0.39 is 17.5 Å². The van der Waals surface area contributed by atoms with Gasteiger partial charge in [-0.25, -0.2) is 4.39 Å². The standard InChI is InChI=1S/C16H20FNO4/c1-16(2,22-13-7-5-12(17)6-8-13)15(21)18-9-3-4-11(10-18)14(19)20/h5-8,11H,3-4,9-10H2,1-2H3,(H,19,20). The average Bonchev–Trinajstić information content (AvgIpc) is 2.48. The monoisotopic (exact) mass is 309 g/mol. The van der Waals surface area contributed by atoms with Crippen LogP contribution in [0.5, 0.6) is 5.75 Å². The second-order valence-corrected chi connectivity index (χ2v) is 5.99. The van der Waals surface area contributed by atoms with Crippen LogP contribution >= 0.6 is 0 Å². The minimum atomic E-state index is -1.14. The summed E-state index contributed by atoms with van der Waals surface area (Å²) in [6.07, 6.45) is 1.24. The fraction of sp³-hybridized carbons (Fsp3) is 0.500. The maximum absolute atomic E-state index is 12.9. The van der Waals surface area contributed by atoms with Crippen LogP contribution in [0.4, 0.5) is 4.39 Å². The zero-order chi connectivity index (χ0) is 16.3. The van der Waals surface area contributed by atoms with Gasteiger partial charge in [0.05, 0.1) is 5.92 Å². The van der Waals surface area contributed by atoms with Crippen molar-refractivity contribution in [1.29, 1.82) is 0 Å². The smallest absolute Gasteiger partial charge is 0.308 e. The first-order valence-electron chi connectivity index (χ1n) is 7.26. The van der Waals surface area contributed by atoms with Gasteiger partial charge in [-0.1, -0.05) is 0 Å². The van der Waals surface area contributed by atoms with Crippen LogP contribution in [0.15, 0.2) is 24.3 Å². The predicted octanol–water partition coefficient (Wildman–Crippen LogP) is 2.31. The molecule has 0 spiro atoms. The molecule has 0 saturated carbocycles. The van der Waals surface area contributed by atoms with E-state index >= 15 is 0 Å². The summed E-state index contributed by atoms with van der Waals surface area (Å²) in [6.45, 7) is 3.98. The molecule has 1 N–H and O–H groups in total. The third-order valence-electron chi connectivity index (χ3n) is 3.76. The molecule has 1 fully saturated rings. The van der Waals surface area contributed by atoms with Gasteiger partial charge in [-0.3, -0.25) is 9.59 Å². The van der Waals surface area contributed by atoms with E-state index in [9.17, 15) is 14.0 Å². The minimum absolute atomic E-state index is 0.199. The van der Waals surface area contributed by atoms with E-state index in [2.05, 4.69) is 0 Å². The summed E-state index contributed by atoms with van der Waals surface area (Å²) in [6, 6.07) is 5.44. The Hall–Kier alpha value is -2.11. The number of likely N-dealkylation sites (tertiary alicyclic amines) is 1. The molecule has 1 aromatic rings. The molecule has 1 amide bonds. The maximum atomic E-state index is 12.9. The number of aliphatic carboxylic acids is 1. The lowest BCUT2D eigenvalue weighted by Crippen LogP contribution is -2.52. The summed E-state index contributed by atoms with van der Waals surface area (Å²) in [5.74, 6) is -1.65. The van der Waals surface area contributed by atoms with Crippen molar-refractivity contribution in [2.24, 2.45) is 5.92 Å². The number of amides is 1. The van der Waals surface area contributed by atoms with E-state index in [1.54, 1.807) is 13.8 Å². The molecule has 0 radical (unpaired) electrons. The highest BCUT2D eigenvalue weighted by molar-refractivity contribution is 5.85. The summed E-state index contributed by atoms with van der Waals surface area (Å²) in [7, 11) is 0. The van der Waals surface area contributed by atoms with Crippen LogP contribution in [0.1, 0.15) is 26.7 Å². The Labute approximate surface area is 128 Å². The number of rotatable bonds is 4. The number of halogens is 1. The van der Waals surface area contributed by atoms with Gasteiger partial charge < -0.3 is 14.7 Å². The number of piperidine rings is 1. The second kappa shape index (κ2) is 6.34. The van der Waals surface area contributed by atoms with Gasteiger partial charge in [-0.2, -0.15) is 0 Å². The molecule has 22 heavy (non-hydrogen) atoms. The topological polar surface area (TPSA) is 66.8 Å². The number of nitrogens with zero attached hydrogens (tertiary/aromatic N) is 1. The number of carbonyl (C=O) groups is 2. The summed E-state index contributed by atoms with van der Waals surface area (Å²) in [4.78, 5) is 25.2. The quantitative estimate of drug-likeness (QED) is 0.927. The van der Waals surface area contributed by atoms with Crippen LogP contribution in [-0.2, 0) is 9.59 Å². The van der Waals surface area contributed by atoms with Gasteiger partial charge >= 0.3 is 5.97 Å². The van der Waals surface area contributed by atoms with Gasteiger partial charge in [-0.05, 0) is 51.0 Å². The van der Waals surface area contributed by atoms with E-state index in [0.717, 1.165) is 0 Å². The normalized spacial score (nSPS) is 18.9. The second-order valence-electron chi connectivity index (χ2n) is 5.99. The number of carboxylic acid groups (broad SMARTS) is 1. The molecular formula is C16H20FNO4. The fourth-order valence-corrected chi connectivity index (χ4v) is 2.58. The van der Waals surface area contributed by atoms with Crippen molar-refractivity contribution in [1.82, 2.24) is 4.90 Å². The Bertz CT molecular complexity index is 556. The van der Waals surface area contributed by atoms with Crippen molar-refractivity contribution < 1.29 is 23.8 Å². The van der Waals surface area contributed by atoms with Crippen molar-refractivity contribution in [2.45, 2.75) is 32.3 Å². The number of ether oxygens (including phenoxy) is 1. The highest BCUT2D eigenvalue weighted by Gasteiger charge is 2.37. The van der Waals surface area contributed by atoms with Gasteiger partial charge in [-0.15, -0.1) is 0 Å². The van der Waals surface area contributed by atoms with Crippen molar-refractivity contribution >= 4 is 11.9 Å². The van der Waals surface area contributed by atoms with E-state index in [1.165, 1.54) is 29.2 Å². The first kappa shape index (κ1) is 16.3. The molecule has 1 atom stereocenters. The maximum Gasteiger partial charge on any atom is 0.308 e. The lowest BCUT2D eigenvalue weighted by molar-refractivity contribution is -0.151. The van der Waals surface area contributed by atoms with Gasteiger partial charge in [0.2, 0.25) is 0 Å². The van der Waals surface area contributed by atoms with Gasteiger partial charge in [0.1, 0.15) is 11.6 Å². The molecule has 6 heteroatoms. The van der Waals surface area contributed by atoms with Crippen molar-refractivity contribution in [3.8, 4) is 5.75 Å². The van der Waals surface area contributed by atoms with Gasteiger partial charge in [0.25, 0.3) is 5.91 Å². The Morgan fingerprint density at radius 1 is 1.32 bits per heavy atom. The number of carbonyl (C=O) groups excluding carboxylic acids is 1. The summed E-state index contributed by atoms with van der Waals surface area (Å²) >= 11 is 0. The molecule has 0 aromatic heterocycles. The number of benzene rings is 1. The third kappa shape index (κ3) is 3.75. The third-order valence-corrected chi connectivity index (χ3v) is 3.76. The molecule has 0 bridgehead atoms. The molecule has 0 aliphatic carbocycles. The Kier molecular flexibility index (Phi) is 4.68. The summed E-state index contributed by atoms with van der Waals surface area (Å²) in [5, 5.41) is 9.10. The van der Waals surface area contributed by atoms with Gasteiger partial charge in [0, 0.05) is 13.1 Å². The Morgan fingerprint density at radius 2 is 1.95 bits per heavy atom. The van der Waals surface area contributed by atoms with Crippen molar-refractivity contribution in [3.05, 3.63) is 30.1 Å². The average molecular weight is 309 g/mol. The molecule has 1 aromatic carbocycles. The number of carboxylic acids is 1. The first-order valence-corrected chi connectivity index (χ1v) is 7.26. The molecule has 5 nitrogen and oxygen atoms in total. The van der Waals surface area contributed by atoms with E-state index in [1.807, 2.05) is 0 Å². The first-order chi connectivity index (χ1) is 10.3. The molecule has 1 saturated heterocycles. The SMILES string of the molecule is CC(C)(Oc1ccc(F)cc1)C(=O)N1CCCC(C(=O)O)C1. The lowest BCUT2D eigenvalue weighted by Gasteiger charge is -2.36. The summed E-state index contributed by atoms with van der Waals surface area (Å²) in [5.41, 5.74) is -1.14. The molecule has 1 heterocycles. The predicted molar refractivity (Wildman–Crippen MR) is 78.0 cm³/mol.